The highest BCUT2D eigenvalue weighted by molar-refractivity contribution is 6.06. The van der Waals surface area contributed by atoms with Crippen LogP contribution < -0.4 is 29.6 Å². The second-order valence-corrected chi connectivity index (χ2v) is 7.27. The zero-order valence-corrected chi connectivity index (χ0v) is 18.4. The van der Waals surface area contributed by atoms with Gasteiger partial charge in [0.2, 0.25) is 11.8 Å². The molecule has 2 atom stereocenters. The van der Waals surface area contributed by atoms with E-state index in [-0.39, 0.29) is 18.6 Å². The van der Waals surface area contributed by atoms with Crippen molar-refractivity contribution in [3.05, 3.63) is 36.4 Å². The van der Waals surface area contributed by atoms with Crippen molar-refractivity contribution in [1.29, 1.82) is 0 Å². The second-order valence-electron chi connectivity index (χ2n) is 7.27. The van der Waals surface area contributed by atoms with Gasteiger partial charge in [0.15, 0.2) is 0 Å². The Morgan fingerprint density at radius 2 is 1.12 bits per heavy atom. The van der Waals surface area contributed by atoms with Crippen molar-refractivity contribution < 1.29 is 33.3 Å². The molecule has 1 aliphatic carbocycles. The predicted molar refractivity (Wildman–Crippen MR) is 118 cm³/mol. The van der Waals surface area contributed by atoms with Crippen LogP contribution in [0.15, 0.2) is 36.4 Å². The van der Waals surface area contributed by atoms with Gasteiger partial charge in [-0.3, -0.25) is 14.4 Å². The van der Waals surface area contributed by atoms with Crippen molar-refractivity contribution in [3.63, 3.8) is 0 Å². The molecule has 0 saturated heterocycles. The van der Waals surface area contributed by atoms with Crippen molar-refractivity contribution in [2.45, 2.75) is 12.8 Å². The Bertz CT molecular complexity index is 942. The molecule has 2 aromatic carbocycles. The van der Waals surface area contributed by atoms with Crippen molar-refractivity contribution in [2.75, 3.05) is 39.1 Å². The van der Waals surface area contributed by atoms with Gasteiger partial charge in [0.05, 0.1) is 51.6 Å². The van der Waals surface area contributed by atoms with Crippen molar-refractivity contribution in [2.24, 2.45) is 11.8 Å². The summed E-state index contributed by atoms with van der Waals surface area (Å²) < 4.78 is 21.0. The van der Waals surface area contributed by atoms with Crippen LogP contribution >= 0.6 is 0 Å². The number of anilines is 2. The molecule has 0 heterocycles. The Morgan fingerprint density at radius 1 is 0.719 bits per heavy atom. The Balaban J connectivity index is 1.80. The Kier molecular flexibility index (Phi) is 7.19. The van der Waals surface area contributed by atoms with Crippen molar-refractivity contribution in [3.8, 4) is 23.0 Å². The molecule has 3 rings (SSSR count). The average Bonchev–Trinajstić information content (AvgIpc) is 3.20. The maximum atomic E-state index is 13.0. The van der Waals surface area contributed by atoms with Crippen LogP contribution in [0.25, 0.3) is 0 Å². The number of amides is 2. The SMILES string of the molecule is COc1ccc(OC)c(NC(=O)C2CC(=O)CC2C(=O)Nc2cc(OC)ccc2OC)c1. The van der Waals surface area contributed by atoms with Gasteiger partial charge in [-0.1, -0.05) is 0 Å². The largest absolute Gasteiger partial charge is 0.497 e. The summed E-state index contributed by atoms with van der Waals surface area (Å²) in [4.78, 5) is 38.2. The summed E-state index contributed by atoms with van der Waals surface area (Å²) in [6.45, 7) is 0. The molecular formula is C23H26N2O7. The molecule has 1 fully saturated rings. The minimum absolute atomic E-state index is 0.0224. The molecule has 9 nitrogen and oxygen atoms in total. The van der Waals surface area contributed by atoms with Crippen molar-refractivity contribution >= 4 is 29.0 Å². The summed E-state index contributed by atoms with van der Waals surface area (Å²) in [7, 11) is 5.98. The van der Waals surface area contributed by atoms with Crippen LogP contribution in [0.2, 0.25) is 0 Å². The van der Waals surface area contributed by atoms with Gasteiger partial charge in [-0.2, -0.15) is 0 Å². The van der Waals surface area contributed by atoms with Crippen molar-refractivity contribution in [1.82, 2.24) is 0 Å². The van der Waals surface area contributed by atoms with E-state index in [0.717, 1.165) is 0 Å². The van der Waals surface area contributed by atoms with Crippen LogP contribution in [0.1, 0.15) is 12.8 Å². The molecule has 32 heavy (non-hydrogen) atoms. The topological polar surface area (TPSA) is 112 Å². The number of ketones is 1. The Labute approximate surface area is 186 Å². The van der Waals surface area contributed by atoms with Gasteiger partial charge in [0.1, 0.15) is 28.8 Å². The summed E-state index contributed by atoms with van der Waals surface area (Å²) in [6, 6.07) is 9.95. The highest BCUT2D eigenvalue weighted by Gasteiger charge is 2.42. The minimum atomic E-state index is -0.824. The second kappa shape index (κ2) is 10.0. The molecule has 2 unspecified atom stereocenters. The third-order valence-corrected chi connectivity index (χ3v) is 5.38. The first kappa shape index (κ1) is 22.9. The third kappa shape index (κ3) is 4.93. The lowest BCUT2D eigenvalue weighted by molar-refractivity contribution is -0.128. The monoisotopic (exact) mass is 442 g/mol. The lowest BCUT2D eigenvalue weighted by Crippen LogP contribution is -2.33. The van der Waals surface area contributed by atoms with Gasteiger partial charge >= 0.3 is 0 Å². The quantitative estimate of drug-likeness (QED) is 0.646. The summed E-state index contributed by atoms with van der Waals surface area (Å²) in [5.74, 6) is -0.756. The van der Waals surface area contributed by atoms with E-state index in [1.807, 2.05) is 0 Å². The molecule has 2 aromatic rings. The summed E-state index contributed by atoms with van der Waals surface area (Å²) in [5.41, 5.74) is 0.787. The average molecular weight is 442 g/mol. The van der Waals surface area contributed by atoms with Gasteiger partial charge in [-0.05, 0) is 24.3 Å². The Morgan fingerprint density at radius 3 is 1.47 bits per heavy atom. The van der Waals surface area contributed by atoms with Gasteiger partial charge in [0, 0.05) is 25.0 Å². The highest BCUT2D eigenvalue weighted by Crippen LogP contribution is 2.36. The van der Waals surface area contributed by atoms with Gasteiger partial charge in [-0.25, -0.2) is 0 Å². The molecule has 0 aliphatic heterocycles. The molecule has 1 saturated carbocycles. The molecule has 2 amide bonds. The zero-order valence-electron chi connectivity index (χ0n) is 18.4. The standard InChI is InChI=1S/C23H26N2O7/c1-29-14-5-7-20(31-3)18(11-14)24-22(27)16-9-13(26)10-17(16)23(28)25-19-12-15(30-2)6-8-21(19)32-4/h5-8,11-12,16-17H,9-10H2,1-4H3,(H,24,27)(H,25,28). The van der Waals surface area contributed by atoms with Gasteiger partial charge in [0.25, 0.3) is 0 Å². The number of hydrogen-bond donors (Lipinski definition) is 2. The van der Waals surface area contributed by atoms with Crippen LogP contribution in [0.4, 0.5) is 11.4 Å². The van der Waals surface area contributed by atoms with E-state index in [2.05, 4.69) is 10.6 Å². The highest BCUT2D eigenvalue weighted by atomic mass is 16.5. The maximum absolute atomic E-state index is 13.0. The van der Waals surface area contributed by atoms with E-state index in [9.17, 15) is 14.4 Å². The molecular weight excluding hydrogens is 416 g/mol. The lowest BCUT2D eigenvalue weighted by Gasteiger charge is -2.20. The van der Waals surface area contributed by atoms with Crippen LogP contribution in [-0.4, -0.2) is 46.0 Å². The lowest BCUT2D eigenvalue weighted by atomic mass is 9.94. The maximum Gasteiger partial charge on any atom is 0.228 e. The number of ether oxygens (including phenoxy) is 4. The summed E-state index contributed by atoms with van der Waals surface area (Å²) in [6.07, 6.45) is -0.0447. The number of nitrogens with one attached hydrogen (secondary N) is 2. The van der Waals surface area contributed by atoms with Crippen LogP contribution in [0, 0.1) is 11.8 Å². The number of rotatable bonds is 8. The molecule has 0 radical (unpaired) electrons. The van der Waals surface area contributed by atoms with E-state index in [1.165, 1.54) is 28.4 Å². The van der Waals surface area contributed by atoms with Crippen LogP contribution in [0.3, 0.4) is 0 Å². The fraction of sp³-hybridized carbons (Fsp3) is 0.348. The molecule has 9 heteroatoms. The molecule has 1 aliphatic rings. The number of carbonyl (C=O) groups excluding carboxylic acids is 3. The zero-order chi connectivity index (χ0) is 23.3. The van der Waals surface area contributed by atoms with E-state index in [1.54, 1.807) is 36.4 Å². The van der Waals surface area contributed by atoms with E-state index in [4.69, 9.17) is 18.9 Å². The van der Waals surface area contributed by atoms with Gasteiger partial charge in [-0.15, -0.1) is 0 Å². The normalized spacial score (nSPS) is 17.4. The first-order chi connectivity index (χ1) is 15.4. The van der Waals surface area contributed by atoms with E-state index >= 15 is 0 Å². The summed E-state index contributed by atoms with van der Waals surface area (Å²) >= 11 is 0. The predicted octanol–water partition coefficient (Wildman–Crippen LogP) is 2.89. The van der Waals surface area contributed by atoms with Crippen LogP contribution in [0.5, 0.6) is 23.0 Å². The first-order valence-electron chi connectivity index (χ1n) is 9.97. The molecule has 0 spiro atoms. The van der Waals surface area contributed by atoms with Crippen LogP contribution in [-0.2, 0) is 14.4 Å². The summed E-state index contributed by atoms with van der Waals surface area (Å²) in [5, 5.41) is 5.53. The number of methoxy groups -OCH3 is 4. The van der Waals surface area contributed by atoms with Gasteiger partial charge < -0.3 is 29.6 Å². The fourth-order valence-electron chi connectivity index (χ4n) is 3.68. The number of benzene rings is 2. The molecule has 2 N–H and O–H groups in total. The first-order valence-corrected chi connectivity index (χ1v) is 9.97. The van der Waals surface area contributed by atoms with E-state index in [0.29, 0.717) is 34.4 Å². The number of carbonyl (C=O) groups is 3. The Hall–Kier alpha value is -3.75. The third-order valence-electron chi connectivity index (χ3n) is 5.38. The molecule has 0 aromatic heterocycles. The smallest absolute Gasteiger partial charge is 0.228 e. The number of Topliss-reactive ketones (excluding diaryl/α,β-unsaturated/α-hetero) is 1. The number of hydrogen-bond acceptors (Lipinski definition) is 7. The van der Waals surface area contributed by atoms with E-state index < -0.39 is 23.7 Å². The minimum Gasteiger partial charge on any atom is -0.497 e. The molecule has 0 bridgehead atoms. The molecule has 170 valence electrons. The fourth-order valence-corrected chi connectivity index (χ4v) is 3.68.